The molecule has 1 aromatic heterocycles. The number of hydrogen-bond acceptors (Lipinski definition) is 5. The van der Waals surface area contributed by atoms with E-state index < -0.39 is 21.5 Å². The highest BCUT2D eigenvalue weighted by Crippen LogP contribution is 2.40. The Morgan fingerprint density at radius 1 is 1.44 bits per heavy atom. The Bertz CT molecular complexity index is 768. The third-order valence-electron chi connectivity index (χ3n) is 4.95. The zero-order valence-corrected chi connectivity index (χ0v) is 14.9. The minimum atomic E-state index is -3.32. The highest BCUT2D eigenvalue weighted by Gasteiger charge is 2.53. The number of rotatable bonds is 5. The van der Waals surface area contributed by atoms with Crippen molar-refractivity contribution in [3.8, 4) is 0 Å². The summed E-state index contributed by atoms with van der Waals surface area (Å²) in [5, 5.41) is 5.56. The van der Waals surface area contributed by atoms with E-state index in [1.165, 1.54) is 4.31 Å². The number of carbonyl (C=O) groups excluding carboxylic acids is 2. The zero-order valence-electron chi connectivity index (χ0n) is 14.1. The minimum Gasteiger partial charge on any atom is -0.354 e. The molecule has 3 rings (SSSR count). The molecule has 2 aliphatic heterocycles. The summed E-state index contributed by atoms with van der Waals surface area (Å²) in [4.78, 5) is 28.6. The smallest absolute Gasteiger partial charge is 0.242 e. The van der Waals surface area contributed by atoms with Gasteiger partial charge in [0.05, 0.1) is 11.7 Å². The number of hydrogen-bond donors (Lipinski definition) is 2. The molecule has 2 atom stereocenters. The van der Waals surface area contributed by atoms with E-state index in [-0.39, 0.29) is 18.4 Å². The van der Waals surface area contributed by atoms with Crippen LogP contribution in [0, 0.1) is 5.41 Å². The summed E-state index contributed by atoms with van der Waals surface area (Å²) in [6, 6.07) is 3.16. The molecule has 1 aromatic rings. The number of nitrogens with zero attached hydrogens (tertiary/aromatic N) is 2. The fraction of sp³-hybridized carbons (Fsp3) is 0.562. The van der Waals surface area contributed by atoms with Gasteiger partial charge in [0.15, 0.2) is 0 Å². The molecule has 0 unspecified atom stereocenters. The lowest BCUT2D eigenvalue weighted by molar-refractivity contribution is -0.128. The summed E-state index contributed by atoms with van der Waals surface area (Å²) in [5.41, 5.74) is 0.290. The Hall–Kier alpha value is -2.00. The van der Waals surface area contributed by atoms with E-state index in [4.69, 9.17) is 0 Å². The second-order valence-electron chi connectivity index (χ2n) is 6.75. The van der Waals surface area contributed by atoms with Gasteiger partial charge in [0.25, 0.3) is 0 Å². The maximum absolute atomic E-state index is 12.4. The number of aromatic nitrogens is 1. The zero-order chi connectivity index (χ0) is 18.1. The van der Waals surface area contributed by atoms with Gasteiger partial charge in [0.1, 0.15) is 6.04 Å². The molecule has 1 spiro atoms. The van der Waals surface area contributed by atoms with E-state index in [1.54, 1.807) is 12.4 Å². The fourth-order valence-electron chi connectivity index (χ4n) is 3.48. The Labute approximate surface area is 147 Å². The van der Waals surface area contributed by atoms with Crippen LogP contribution in [-0.2, 0) is 26.0 Å². The SMILES string of the molecule is CS(=O)(=O)N1CC[C@]2(C[C@@H](C(=O)NCCc3ccncc3)NC2=O)C1. The first-order valence-corrected chi connectivity index (χ1v) is 10.1. The van der Waals surface area contributed by atoms with Gasteiger partial charge in [-0.3, -0.25) is 14.6 Å². The van der Waals surface area contributed by atoms with Crippen LogP contribution in [0.1, 0.15) is 18.4 Å². The van der Waals surface area contributed by atoms with Gasteiger partial charge in [-0.25, -0.2) is 12.7 Å². The lowest BCUT2D eigenvalue weighted by Crippen LogP contribution is -2.42. The molecule has 9 heteroatoms. The molecule has 2 aliphatic rings. The van der Waals surface area contributed by atoms with Crippen LogP contribution in [0.5, 0.6) is 0 Å². The summed E-state index contributed by atoms with van der Waals surface area (Å²) in [6.45, 7) is 0.943. The molecular weight excluding hydrogens is 344 g/mol. The Morgan fingerprint density at radius 2 is 2.16 bits per heavy atom. The molecule has 8 nitrogen and oxygen atoms in total. The van der Waals surface area contributed by atoms with E-state index in [2.05, 4.69) is 15.6 Å². The highest BCUT2D eigenvalue weighted by atomic mass is 32.2. The van der Waals surface area contributed by atoms with Crippen molar-refractivity contribution < 1.29 is 18.0 Å². The Balaban J connectivity index is 1.54. The summed E-state index contributed by atoms with van der Waals surface area (Å²) in [7, 11) is -3.32. The van der Waals surface area contributed by atoms with Gasteiger partial charge in [-0.15, -0.1) is 0 Å². The molecule has 2 fully saturated rings. The van der Waals surface area contributed by atoms with E-state index in [0.717, 1.165) is 11.8 Å². The van der Waals surface area contributed by atoms with Crippen LogP contribution in [0.4, 0.5) is 0 Å². The van der Waals surface area contributed by atoms with Gasteiger partial charge in [-0.1, -0.05) is 0 Å². The number of nitrogens with one attached hydrogen (secondary N) is 2. The summed E-state index contributed by atoms with van der Waals surface area (Å²) in [6.07, 6.45) is 6.01. The number of sulfonamides is 1. The number of carbonyl (C=O) groups is 2. The van der Waals surface area contributed by atoms with Crippen molar-refractivity contribution in [1.82, 2.24) is 19.9 Å². The van der Waals surface area contributed by atoms with Crippen LogP contribution in [0.25, 0.3) is 0 Å². The molecule has 136 valence electrons. The standard InChI is InChI=1S/C16H22N4O4S/c1-25(23,24)20-9-5-16(11-20)10-13(19-15(16)22)14(21)18-8-4-12-2-6-17-7-3-12/h2-3,6-7,13H,4-5,8-11H2,1H3,(H,18,21)(H,19,22)/t13-,16-/m0/s1. The second kappa shape index (κ2) is 6.72. The van der Waals surface area contributed by atoms with E-state index in [0.29, 0.717) is 32.4 Å². The van der Waals surface area contributed by atoms with Crippen LogP contribution in [0.3, 0.4) is 0 Å². The lowest BCUT2D eigenvalue weighted by Gasteiger charge is -2.20. The van der Waals surface area contributed by atoms with E-state index in [1.807, 2.05) is 12.1 Å². The third kappa shape index (κ3) is 3.82. The predicted octanol–water partition coefficient (Wildman–Crippen LogP) is -0.719. The maximum Gasteiger partial charge on any atom is 0.242 e. The van der Waals surface area contributed by atoms with Gasteiger partial charge in [-0.2, -0.15) is 0 Å². The van der Waals surface area contributed by atoms with Gasteiger partial charge < -0.3 is 10.6 Å². The van der Waals surface area contributed by atoms with Crippen molar-refractivity contribution in [3.05, 3.63) is 30.1 Å². The normalized spacial score (nSPS) is 26.8. The molecule has 0 radical (unpaired) electrons. The molecule has 0 aliphatic carbocycles. The molecule has 0 saturated carbocycles. The lowest BCUT2D eigenvalue weighted by atomic mass is 9.84. The molecule has 2 amide bonds. The maximum atomic E-state index is 12.4. The topological polar surface area (TPSA) is 108 Å². The molecule has 0 aromatic carbocycles. The van der Waals surface area contributed by atoms with Crippen LogP contribution in [0.15, 0.2) is 24.5 Å². The minimum absolute atomic E-state index is 0.151. The van der Waals surface area contributed by atoms with Crippen LogP contribution < -0.4 is 10.6 Å². The van der Waals surface area contributed by atoms with Gasteiger partial charge >= 0.3 is 0 Å². The number of amides is 2. The van der Waals surface area contributed by atoms with E-state index >= 15 is 0 Å². The first-order valence-electron chi connectivity index (χ1n) is 8.23. The van der Waals surface area contributed by atoms with E-state index in [9.17, 15) is 18.0 Å². The first kappa shape index (κ1) is 17.8. The molecule has 2 saturated heterocycles. The fourth-order valence-corrected chi connectivity index (χ4v) is 4.38. The van der Waals surface area contributed by atoms with Gasteiger partial charge in [-0.05, 0) is 37.0 Å². The predicted molar refractivity (Wildman–Crippen MR) is 91.0 cm³/mol. The monoisotopic (exact) mass is 366 g/mol. The molecular formula is C16H22N4O4S. The average molecular weight is 366 g/mol. The third-order valence-corrected chi connectivity index (χ3v) is 6.20. The first-order chi connectivity index (χ1) is 11.8. The molecule has 2 N–H and O–H groups in total. The van der Waals surface area contributed by atoms with Gasteiger partial charge in [0, 0.05) is 32.0 Å². The van der Waals surface area contributed by atoms with Gasteiger partial charge in [0.2, 0.25) is 21.8 Å². The summed E-state index contributed by atoms with van der Waals surface area (Å²) < 4.78 is 24.7. The van der Waals surface area contributed by atoms with Crippen molar-refractivity contribution in [2.24, 2.45) is 5.41 Å². The van der Waals surface area contributed by atoms with Crippen molar-refractivity contribution >= 4 is 21.8 Å². The average Bonchev–Trinajstić information content (AvgIpc) is 3.14. The van der Waals surface area contributed by atoms with Crippen molar-refractivity contribution in [2.75, 3.05) is 25.9 Å². The van der Waals surface area contributed by atoms with Crippen LogP contribution in [0.2, 0.25) is 0 Å². The Morgan fingerprint density at radius 3 is 2.80 bits per heavy atom. The second-order valence-corrected chi connectivity index (χ2v) is 8.74. The Kier molecular flexibility index (Phi) is 4.79. The summed E-state index contributed by atoms with van der Waals surface area (Å²) >= 11 is 0. The van der Waals surface area contributed by atoms with Crippen LogP contribution >= 0.6 is 0 Å². The van der Waals surface area contributed by atoms with Crippen molar-refractivity contribution in [1.29, 1.82) is 0 Å². The van der Waals surface area contributed by atoms with Crippen molar-refractivity contribution in [2.45, 2.75) is 25.3 Å². The largest absolute Gasteiger partial charge is 0.354 e. The van der Waals surface area contributed by atoms with Crippen LogP contribution in [-0.4, -0.2) is 61.5 Å². The molecule has 25 heavy (non-hydrogen) atoms. The molecule has 0 bridgehead atoms. The highest BCUT2D eigenvalue weighted by molar-refractivity contribution is 7.88. The van der Waals surface area contributed by atoms with Crippen molar-refractivity contribution in [3.63, 3.8) is 0 Å². The molecule has 3 heterocycles. The summed E-state index contributed by atoms with van der Waals surface area (Å²) in [5.74, 6) is -0.454. The quantitative estimate of drug-likeness (QED) is 0.715. The number of pyridine rings is 1.